The zero-order valence-corrected chi connectivity index (χ0v) is 14.2. The van der Waals surface area contributed by atoms with Crippen LogP contribution in [-0.2, 0) is 16.0 Å². The van der Waals surface area contributed by atoms with E-state index in [1.165, 1.54) is 0 Å². The molecule has 0 fully saturated rings. The number of amides is 2. The molecule has 0 aliphatic heterocycles. The first-order chi connectivity index (χ1) is 11.5. The van der Waals surface area contributed by atoms with Crippen LogP contribution in [0.5, 0.6) is 5.75 Å². The highest BCUT2D eigenvalue weighted by molar-refractivity contribution is 5.96. The molecule has 2 N–H and O–H groups in total. The molecule has 0 aromatic heterocycles. The third-order valence-corrected chi connectivity index (χ3v) is 3.69. The van der Waals surface area contributed by atoms with Gasteiger partial charge in [-0.3, -0.25) is 9.59 Å². The van der Waals surface area contributed by atoms with Crippen LogP contribution >= 0.6 is 0 Å². The van der Waals surface area contributed by atoms with Gasteiger partial charge < -0.3 is 15.4 Å². The lowest BCUT2D eigenvalue weighted by Gasteiger charge is -2.12. The molecule has 24 heavy (non-hydrogen) atoms. The summed E-state index contributed by atoms with van der Waals surface area (Å²) in [5, 5.41) is 5.39. The Labute approximate surface area is 142 Å². The van der Waals surface area contributed by atoms with Crippen molar-refractivity contribution in [3.63, 3.8) is 0 Å². The van der Waals surface area contributed by atoms with Crippen molar-refractivity contribution in [2.24, 2.45) is 0 Å². The predicted octanol–water partition coefficient (Wildman–Crippen LogP) is 2.61. The quantitative estimate of drug-likeness (QED) is 0.857. The smallest absolute Gasteiger partial charge is 0.243 e. The van der Waals surface area contributed by atoms with Gasteiger partial charge in [-0.1, -0.05) is 30.3 Å². The fourth-order valence-corrected chi connectivity index (χ4v) is 2.34. The van der Waals surface area contributed by atoms with Crippen molar-refractivity contribution in [3.05, 3.63) is 59.2 Å². The molecule has 5 heteroatoms. The zero-order chi connectivity index (χ0) is 17.5. The van der Waals surface area contributed by atoms with Gasteiger partial charge in [0, 0.05) is 0 Å². The Bertz CT molecular complexity index is 741. The summed E-state index contributed by atoms with van der Waals surface area (Å²) in [6.45, 7) is 3.81. The SMILES string of the molecule is COc1ccc(C)cc1NC(=O)CNC(=O)Cc1ccccc1C. The van der Waals surface area contributed by atoms with Crippen LogP contribution in [0.2, 0.25) is 0 Å². The fraction of sp³-hybridized carbons (Fsp3) is 0.263. The summed E-state index contributed by atoms with van der Waals surface area (Å²) >= 11 is 0. The van der Waals surface area contributed by atoms with E-state index in [0.717, 1.165) is 16.7 Å². The maximum atomic E-state index is 12.0. The van der Waals surface area contributed by atoms with Gasteiger partial charge in [0.25, 0.3) is 0 Å². The summed E-state index contributed by atoms with van der Waals surface area (Å²) in [6.07, 6.45) is 0.258. The molecule has 2 aromatic rings. The molecule has 2 amide bonds. The Morgan fingerprint density at radius 2 is 1.79 bits per heavy atom. The van der Waals surface area contributed by atoms with E-state index in [1.54, 1.807) is 13.2 Å². The molecular formula is C19H22N2O3. The third kappa shape index (κ3) is 4.84. The van der Waals surface area contributed by atoms with Gasteiger partial charge >= 0.3 is 0 Å². The molecular weight excluding hydrogens is 304 g/mol. The molecule has 0 radical (unpaired) electrons. The first kappa shape index (κ1) is 17.5. The van der Waals surface area contributed by atoms with Crippen molar-refractivity contribution < 1.29 is 14.3 Å². The van der Waals surface area contributed by atoms with Gasteiger partial charge in [-0.15, -0.1) is 0 Å². The number of methoxy groups -OCH3 is 1. The van der Waals surface area contributed by atoms with Crippen LogP contribution in [-0.4, -0.2) is 25.5 Å². The van der Waals surface area contributed by atoms with Gasteiger partial charge in [0.05, 0.1) is 25.8 Å². The van der Waals surface area contributed by atoms with Gasteiger partial charge in [0.1, 0.15) is 5.75 Å². The molecule has 5 nitrogen and oxygen atoms in total. The van der Waals surface area contributed by atoms with Crippen LogP contribution in [0.1, 0.15) is 16.7 Å². The van der Waals surface area contributed by atoms with Crippen molar-refractivity contribution in [1.29, 1.82) is 0 Å². The molecule has 0 heterocycles. The Hall–Kier alpha value is -2.82. The number of carbonyl (C=O) groups is 2. The van der Waals surface area contributed by atoms with Gasteiger partial charge in [0.2, 0.25) is 11.8 Å². The van der Waals surface area contributed by atoms with E-state index in [2.05, 4.69) is 10.6 Å². The van der Waals surface area contributed by atoms with E-state index in [0.29, 0.717) is 11.4 Å². The molecule has 0 atom stereocenters. The molecule has 0 saturated heterocycles. The zero-order valence-electron chi connectivity index (χ0n) is 14.2. The normalized spacial score (nSPS) is 10.1. The number of hydrogen-bond acceptors (Lipinski definition) is 3. The monoisotopic (exact) mass is 326 g/mol. The van der Waals surface area contributed by atoms with Crippen LogP contribution in [0, 0.1) is 13.8 Å². The first-order valence-electron chi connectivity index (χ1n) is 7.75. The molecule has 0 unspecified atom stereocenters. The maximum absolute atomic E-state index is 12.0. The summed E-state index contributed by atoms with van der Waals surface area (Å²) < 4.78 is 5.22. The minimum Gasteiger partial charge on any atom is -0.495 e. The predicted molar refractivity (Wildman–Crippen MR) is 94.3 cm³/mol. The topological polar surface area (TPSA) is 67.4 Å². The molecule has 0 aliphatic rings. The van der Waals surface area contributed by atoms with Crippen molar-refractivity contribution >= 4 is 17.5 Å². The lowest BCUT2D eigenvalue weighted by molar-refractivity contribution is -0.123. The van der Waals surface area contributed by atoms with Crippen molar-refractivity contribution in [2.75, 3.05) is 19.0 Å². The minimum atomic E-state index is -0.294. The molecule has 2 aromatic carbocycles. The van der Waals surface area contributed by atoms with Crippen molar-refractivity contribution in [3.8, 4) is 5.75 Å². The number of hydrogen-bond donors (Lipinski definition) is 2. The average Bonchev–Trinajstić information content (AvgIpc) is 2.55. The molecule has 0 bridgehead atoms. The van der Waals surface area contributed by atoms with Crippen molar-refractivity contribution in [1.82, 2.24) is 5.32 Å². The molecule has 126 valence electrons. The van der Waals surface area contributed by atoms with Crippen LogP contribution in [0.4, 0.5) is 5.69 Å². The van der Waals surface area contributed by atoms with Gasteiger partial charge in [-0.25, -0.2) is 0 Å². The summed E-state index contributed by atoms with van der Waals surface area (Å²) in [5.74, 6) is 0.105. The summed E-state index contributed by atoms with van der Waals surface area (Å²) in [4.78, 5) is 24.0. The second kappa shape index (κ2) is 8.15. The minimum absolute atomic E-state index is 0.0815. The van der Waals surface area contributed by atoms with Crippen molar-refractivity contribution in [2.45, 2.75) is 20.3 Å². The Morgan fingerprint density at radius 3 is 2.50 bits per heavy atom. The van der Waals surface area contributed by atoms with E-state index >= 15 is 0 Å². The highest BCUT2D eigenvalue weighted by Gasteiger charge is 2.10. The third-order valence-electron chi connectivity index (χ3n) is 3.69. The number of rotatable bonds is 6. The molecule has 0 spiro atoms. The Kier molecular flexibility index (Phi) is 5.95. The van der Waals surface area contributed by atoms with Gasteiger partial charge in [0.15, 0.2) is 0 Å². The van der Waals surface area contributed by atoms with Crippen LogP contribution in [0.15, 0.2) is 42.5 Å². The second-order valence-corrected chi connectivity index (χ2v) is 5.63. The van der Waals surface area contributed by atoms with E-state index in [4.69, 9.17) is 4.74 Å². The maximum Gasteiger partial charge on any atom is 0.243 e. The number of anilines is 1. The molecule has 0 aliphatic carbocycles. The number of carbonyl (C=O) groups excluding carboxylic acids is 2. The summed E-state index contributed by atoms with van der Waals surface area (Å²) in [5.41, 5.74) is 3.61. The molecule has 2 rings (SSSR count). The summed E-state index contributed by atoms with van der Waals surface area (Å²) in [7, 11) is 1.55. The van der Waals surface area contributed by atoms with E-state index in [9.17, 15) is 9.59 Å². The highest BCUT2D eigenvalue weighted by Crippen LogP contribution is 2.24. The second-order valence-electron chi connectivity index (χ2n) is 5.63. The lowest BCUT2D eigenvalue weighted by atomic mass is 10.1. The number of aryl methyl sites for hydroxylation is 2. The number of ether oxygens (including phenoxy) is 1. The Morgan fingerprint density at radius 1 is 1.04 bits per heavy atom. The van der Waals surface area contributed by atoms with Crippen LogP contribution in [0.3, 0.4) is 0 Å². The van der Waals surface area contributed by atoms with Crippen LogP contribution in [0.25, 0.3) is 0 Å². The number of benzene rings is 2. The molecule has 0 saturated carbocycles. The first-order valence-corrected chi connectivity index (χ1v) is 7.75. The Balaban J connectivity index is 1.88. The number of nitrogens with one attached hydrogen (secondary N) is 2. The van der Waals surface area contributed by atoms with E-state index < -0.39 is 0 Å². The van der Waals surface area contributed by atoms with Gasteiger partial charge in [-0.05, 0) is 42.7 Å². The average molecular weight is 326 g/mol. The van der Waals surface area contributed by atoms with E-state index in [-0.39, 0.29) is 24.8 Å². The summed E-state index contributed by atoms with van der Waals surface area (Å²) in [6, 6.07) is 13.2. The van der Waals surface area contributed by atoms with Gasteiger partial charge in [-0.2, -0.15) is 0 Å². The largest absolute Gasteiger partial charge is 0.495 e. The highest BCUT2D eigenvalue weighted by atomic mass is 16.5. The standard InChI is InChI=1S/C19H22N2O3/c1-13-8-9-17(24-3)16(10-13)21-19(23)12-20-18(22)11-15-7-5-4-6-14(15)2/h4-10H,11-12H2,1-3H3,(H,20,22)(H,21,23). The van der Waals surface area contributed by atoms with E-state index in [1.807, 2.05) is 50.2 Å². The van der Waals surface area contributed by atoms with Crippen LogP contribution < -0.4 is 15.4 Å². The fourth-order valence-electron chi connectivity index (χ4n) is 2.34. The lowest BCUT2D eigenvalue weighted by Crippen LogP contribution is -2.34.